The maximum absolute atomic E-state index is 6.29. The summed E-state index contributed by atoms with van der Waals surface area (Å²) < 4.78 is 7.58. The van der Waals surface area contributed by atoms with E-state index in [1.54, 1.807) is 0 Å². The van der Waals surface area contributed by atoms with Crippen LogP contribution in [0.25, 0.3) is 0 Å². The minimum absolute atomic E-state index is 0.0320. The van der Waals surface area contributed by atoms with E-state index in [2.05, 4.69) is 16.5 Å². The molecule has 1 atom stereocenters. The number of benzene rings is 1. The minimum atomic E-state index is -0.0320. The monoisotopic (exact) mass is 273 g/mol. The molecule has 1 heterocycles. The lowest BCUT2D eigenvalue weighted by atomic mass is 10.1. The molecule has 0 aliphatic heterocycles. The topological polar surface area (TPSA) is 53.1 Å². The number of hydrogen-bond acceptors (Lipinski definition) is 3. The molecule has 108 valence electrons. The second-order valence-corrected chi connectivity index (χ2v) is 4.85. The van der Waals surface area contributed by atoms with Gasteiger partial charge in [-0.3, -0.25) is 0 Å². The van der Waals surface area contributed by atoms with Crippen molar-refractivity contribution in [2.45, 2.75) is 39.3 Å². The van der Waals surface area contributed by atoms with Gasteiger partial charge in [0.05, 0.1) is 6.61 Å². The van der Waals surface area contributed by atoms with Crippen molar-refractivity contribution in [3.63, 3.8) is 0 Å². The molecule has 4 heteroatoms. The van der Waals surface area contributed by atoms with Crippen LogP contribution in [0.4, 0.5) is 0 Å². The predicted molar refractivity (Wildman–Crippen MR) is 80.8 cm³/mol. The van der Waals surface area contributed by atoms with Gasteiger partial charge < -0.3 is 15.0 Å². The fraction of sp³-hybridized carbons (Fsp3) is 0.438. The van der Waals surface area contributed by atoms with E-state index in [9.17, 15) is 0 Å². The molecule has 1 unspecified atom stereocenters. The van der Waals surface area contributed by atoms with Crippen LogP contribution in [0, 0.1) is 0 Å². The molecule has 0 fully saturated rings. The number of ether oxygens (including phenoxy) is 1. The largest absolute Gasteiger partial charge is 0.494 e. The van der Waals surface area contributed by atoms with Crippen molar-refractivity contribution >= 4 is 0 Å². The average molecular weight is 273 g/mol. The van der Waals surface area contributed by atoms with Crippen LogP contribution in [-0.2, 0) is 13.0 Å². The first-order valence-corrected chi connectivity index (χ1v) is 7.23. The summed E-state index contributed by atoms with van der Waals surface area (Å²) in [5.41, 5.74) is 7.40. The quantitative estimate of drug-likeness (QED) is 0.844. The van der Waals surface area contributed by atoms with Gasteiger partial charge >= 0.3 is 0 Å². The molecule has 1 aromatic heterocycles. The van der Waals surface area contributed by atoms with Crippen LogP contribution in [0.2, 0.25) is 0 Å². The molecule has 2 aromatic rings. The Bertz CT molecular complexity index is 519. The third-order valence-corrected chi connectivity index (χ3v) is 3.29. The molecule has 2 N–H and O–H groups in total. The summed E-state index contributed by atoms with van der Waals surface area (Å²) in [6.45, 7) is 5.57. The summed E-state index contributed by atoms with van der Waals surface area (Å²) in [6.07, 6.45) is 5.92. The van der Waals surface area contributed by atoms with E-state index in [-0.39, 0.29) is 6.04 Å². The predicted octanol–water partition coefficient (Wildman–Crippen LogP) is 2.93. The molecule has 0 saturated heterocycles. The van der Waals surface area contributed by atoms with Gasteiger partial charge in [0.1, 0.15) is 11.6 Å². The lowest BCUT2D eigenvalue weighted by Gasteiger charge is -2.15. The third kappa shape index (κ3) is 3.61. The number of hydrogen-bond donors (Lipinski definition) is 1. The van der Waals surface area contributed by atoms with Gasteiger partial charge in [-0.2, -0.15) is 0 Å². The summed E-state index contributed by atoms with van der Waals surface area (Å²) in [5, 5.41) is 0. The zero-order chi connectivity index (χ0) is 14.4. The molecule has 0 spiro atoms. The standard InChI is InChI=1S/C16H23N3O/c1-3-5-16-18-10-11-19(16)12-15(17)13-6-8-14(9-7-13)20-4-2/h6-11,15H,3-5,12,17H2,1-2H3. The smallest absolute Gasteiger partial charge is 0.119 e. The minimum Gasteiger partial charge on any atom is -0.494 e. The molecule has 0 saturated carbocycles. The van der Waals surface area contributed by atoms with Crippen molar-refractivity contribution in [2.24, 2.45) is 5.73 Å². The van der Waals surface area contributed by atoms with Crippen molar-refractivity contribution < 1.29 is 4.74 Å². The fourth-order valence-electron chi connectivity index (χ4n) is 2.25. The van der Waals surface area contributed by atoms with Crippen LogP contribution < -0.4 is 10.5 Å². The zero-order valence-electron chi connectivity index (χ0n) is 12.2. The van der Waals surface area contributed by atoms with Gasteiger partial charge in [-0.25, -0.2) is 4.98 Å². The molecule has 0 aliphatic carbocycles. The Balaban J connectivity index is 2.03. The van der Waals surface area contributed by atoms with Gasteiger partial charge in [0, 0.05) is 31.4 Å². The van der Waals surface area contributed by atoms with Crippen LogP contribution in [0.15, 0.2) is 36.7 Å². The highest BCUT2D eigenvalue weighted by atomic mass is 16.5. The molecule has 0 amide bonds. The first-order chi connectivity index (χ1) is 9.74. The van der Waals surface area contributed by atoms with E-state index < -0.39 is 0 Å². The van der Waals surface area contributed by atoms with Gasteiger partial charge in [-0.1, -0.05) is 19.1 Å². The van der Waals surface area contributed by atoms with Crippen LogP contribution in [0.1, 0.15) is 37.7 Å². The van der Waals surface area contributed by atoms with Crippen LogP contribution in [0.3, 0.4) is 0 Å². The molecular weight excluding hydrogens is 250 g/mol. The summed E-state index contributed by atoms with van der Waals surface area (Å²) >= 11 is 0. The lowest BCUT2D eigenvalue weighted by molar-refractivity contribution is 0.340. The molecule has 4 nitrogen and oxygen atoms in total. The highest BCUT2D eigenvalue weighted by Crippen LogP contribution is 2.18. The molecule has 2 rings (SSSR count). The average Bonchev–Trinajstić information content (AvgIpc) is 2.88. The van der Waals surface area contributed by atoms with Crippen LogP contribution >= 0.6 is 0 Å². The van der Waals surface area contributed by atoms with E-state index in [1.165, 1.54) is 0 Å². The second-order valence-electron chi connectivity index (χ2n) is 4.85. The second kappa shape index (κ2) is 7.10. The van der Waals surface area contributed by atoms with Crippen molar-refractivity contribution in [3.05, 3.63) is 48.0 Å². The first kappa shape index (κ1) is 14.6. The van der Waals surface area contributed by atoms with Crippen molar-refractivity contribution in [3.8, 4) is 5.75 Å². The van der Waals surface area contributed by atoms with Gasteiger partial charge in [-0.15, -0.1) is 0 Å². The Morgan fingerprint density at radius 3 is 2.65 bits per heavy atom. The van der Waals surface area contributed by atoms with Crippen LogP contribution in [-0.4, -0.2) is 16.2 Å². The van der Waals surface area contributed by atoms with E-state index in [4.69, 9.17) is 10.5 Å². The molecule has 0 aliphatic rings. The van der Waals surface area contributed by atoms with E-state index in [1.807, 2.05) is 43.6 Å². The Labute approximate surface area is 120 Å². The van der Waals surface area contributed by atoms with E-state index in [0.717, 1.165) is 36.5 Å². The summed E-state index contributed by atoms with van der Waals surface area (Å²) in [5.74, 6) is 1.99. The molecule has 0 radical (unpaired) electrons. The fourth-order valence-corrected chi connectivity index (χ4v) is 2.25. The van der Waals surface area contributed by atoms with Crippen molar-refractivity contribution in [1.29, 1.82) is 0 Å². The van der Waals surface area contributed by atoms with Gasteiger partial charge in [0.15, 0.2) is 0 Å². The Morgan fingerprint density at radius 1 is 1.25 bits per heavy atom. The molecule has 20 heavy (non-hydrogen) atoms. The first-order valence-electron chi connectivity index (χ1n) is 7.23. The zero-order valence-corrected chi connectivity index (χ0v) is 12.2. The SMILES string of the molecule is CCCc1nccn1CC(N)c1ccc(OCC)cc1. The van der Waals surface area contributed by atoms with Crippen molar-refractivity contribution in [1.82, 2.24) is 9.55 Å². The van der Waals surface area contributed by atoms with Crippen molar-refractivity contribution in [2.75, 3.05) is 6.61 Å². The van der Waals surface area contributed by atoms with E-state index in [0.29, 0.717) is 6.61 Å². The van der Waals surface area contributed by atoms with Gasteiger partial charge in [0.25, 0.3) is 0 Å². The van der Waals surface area contributed by atoms with Crippen LogP contribution in [0.5, 0.6) is 5.75 Å². The van der Waals surface area contributed by atoms with Gasteiger partial charge in [-0.05, 0) is 31.0 Å². The number of nitrogens with two attached hydrogens (primary N) is 1. The Morgan fingerprint density at radius 2 is 2.00 bits per heavy atom. The third-order valence-electron chi connectivity index (χ3n) is 3.29. The molecular formula is C16H23N3O. The highest BCUT2D eigenvalue weighted by molar-refractivity contribution is 5.29. The molecule has 1 aromatic carbocycles. The maximum atomic E-state index is 6.29. The number of imidazole rings is 1. The van der Waals surface area contributed by atoms with E-state index >= 15 is 0 Å². The summed E-state index contributed by atoms with van der Waals surface area (Å²) in [6, 6.07) is 7.98. The number of nitrogens with zero attached hydrogens (tertiary/aromatic N) is 2. The van der Waals surface area contributed by atoms with Gasteiger partial charge in [0.2, 0.25) is 0 Å². The number of aryl methyl sites for hydroxylation is 1. The maximum Gasteiger partial charge on any atom is 0.119 e. The number of rotatable bonds is 7. The Hall–Kier alpha value is -1.81. The lowest BCUT2D eigenvalue weighted by Crippen LogP contribution is -2.18. The Kier molecular flexibility index (Phi) is 5.18. The summed E-state index contributed by atoms with van der Waals surface area (Å²) in [4.78, 5) is 4.38. The molecule has 0 bridgehead atoms. The normalized spacial score (nSPS) is 12.3. The number of aromatic nitrogens is 2. The highest BCUT2D eigenvalue weighted by Gasteiger charge is 2.09. The summed E-state index contributed by atoms with van der Waals surface area (Å²) in [7, 11) is 0.